The second-order valence-electron chi connectivity index (χ2n) is 4.35. The minimum Gasteiger partial charge on any atom is -0.496 e. The number of benzene rings is 2. The molecular weight excluding hydrogens is 290 g/mol. The van der Waals surface area contributed by atoms with Crippen molar-refractivity contribution >= 4 is 17.3 Å². The van der Waals surface area contributed by atoms with Gasteiger partial charge in [0.15, 0.2) is 0 Å². The van der Waals surface area contributed by atoms with Crippen LogP contribution in [0.25, 0.3) is 0 Å². The molecular formula is C16H18ClNO3. The van der Waals surface area contributed by atoms with Crippen molar-refractivity contribution in [3.63, 3.8) is 0 Å². The Morgan fingerprint density at radius 2 is 1.57 bits per heavy atom. The molecule has 2 aromatic carbocycles. The van der Waals surface area contributed by atoms with E-state index in [1.54, 1.807) is 33.5 Å². The standard InChI is InChI=1S/C16H18ClNO3/c1-19-14-7-5-4-6-11(14)10-18-13-8-12(17)15(20-2)9-16(13)21-3/h4-9,18H,10H2,1-3H3. The van der Waals surface area contributed by atoms with Crippen LogP contribution in [0.5, 0.6) is 17.2 Å². The number of para-hydroxylation sites is 1. The largest absolute Gasteiger partial charge is 0.496 e. The van der Waals surface area contributed by atoms with Crippen LogP contribution in [0.2, 0.25) is 5.02 Å². The molecule has 0 unspecified atom stereocenters. The molecule has 0 aliphatic rings. The highest BCUT2D eigenvalue weighted by molar-refractivity contribution is 6.32. The van der Waals surface area contributed by atoms with E-state index in [0.29, 0.717) is 23.1 Å². The summed E-state index contributed by atoms with van der Waals surface area (Å²) >= 11 is 6.15. The molecule has 112 valence electrons. The summed E-state index contributed by atoms with van der Waals surface area (Å²) in [6.45, 7) is 0.600. The number of methoxy groups -OCH3 is 3. The molecule has 2 aromatic rings. The summed E-state index contributed by atoms with van der Waals surface area (Å²) in [5.74, 6) is 2.09. The molecule has 0 aromatic heterocycles. The zero-order chi connectivity index (χ0) is 15.2. The summed E-state index contributed by atoms with van der Waals surface area (Å²) in [6, 6.07) is 11.4. The molecule has 0 atom stereocenters. The molecule has 0 fully saturated rings. The van der Waals surface area contributed by atoms with Crippen LogP contribution in [-0.2, 0) is 6.54 Å². The maximum absolute atomic E-state index is 6.15. The second-order valence-corrected chi connectivity index (χ2v) is 4.76. The smallest absolute Gasteiger partial charge is 0.145 e. The predicted octanol–water partition coefficient (Wildman–Crippen LogP) is 3.98. The number of hydrogen-bond acceptors (Lipinski definition) is 4. The van der Waals surface area contributed by atoms with Gasteiger partial charge in [0.2, 0.25) is 0 Å². The predicted molar refractivity (Wildman–Crippen MR) is 84.9 cm³/mol. The van der Waals surface area contributed by atoms with E-state index >= 15 is 0 Å². The lowest BCUT2D eigenvalue weighted by atomic mass is 10.2. The fourth-order valence-corrected chi connectivity index (χ4v) is 2.28. The first-order valence-corrected chi connectivity index (χ1v) is 6.84. The lowest BCUT2D eigenvalue weighted by Gasteiger charge is -2.15. The van der Waals surface area contributed by atoms with Gasteiger partial charge in [0, 0.05) is 18.2 Å². The van der Waals surface area contributed by atoms with Crippen LogP contribution >= 0.6 is 11.6 Å². The fourth-order valence-electron chi connectivity index (χ4n) is 2.04. The Morgan fingerprint density at radius 1 is 0.905 bits per heavy atom. The first-order valence-electron chi connectivity index (χ1n) is 6.47. The summed E-state index contributed by atoms with van der Waals surface area (Å²) in [4.78, 5) is 0. The van der Waals surface area contributed by atoms with Gasteiger partial charge in [0.05, 0.1) is 32.0 Å². The first kappa shape index (κ1) is 15.3. The van der Waals surface area contributed by atoms with E-state index in [0.717, 1.165) is 17.0 Å². The SMILES string of the molecule is COc1cc(OC)c(NCc2ccccc2OC)cc1Cl. The maximum Gasteiger partial charge on any atom is 0.145 e. The quantitative estimate of drug-likeness (QED) is 0.876. The Bertz CT molecular complexity index is 616. The van der Waals surface area contributed by atoms with E-state index in [1.807, 2.05) is 24.3 Å². The summed E-state index contributed by atoms with van der Waals surface area (Å²) in [6.07, 6.45) is 0. The van der Waals surface area contributed by atoms with Crippen LogP contribution in [0.4, 0.5) is 5.69 Å². The van der Waals surface area contributed by atoms with Crippen molar-refractivity contribution in [2.75, 3.05) is 26.6 Å². The molecule has 4 nitrogen and oxygen atoms in total. The molecule has 2 rings (SSSR count). The number of anilines is 1. The highest BCUT2D eigenvalue weighted by Gasteiger charge is 2.10. The van der Waals surface area contributed by atoms with E-state index in [-0.39, 0.29) is 0 Å². The molecule has 0 amide bonds. The van der Waals surface area contributed by atoms with E-state index in [4.69, 9.17) is 25.8 Å². The molecule has 0 saturated heterocycles. The Kier molecular flexibility index (Phi) is 5.17. The van der Waals surface area contributed by atoms with Crippen LogP contribution in [0.1, 0.15) is 5.56 Å². The highest BCUT2D eigenvalue weighted by atomic mass is 35.5. The molecule has 5 heteroatoms. The molecule has 0 aliphatic carbocycles. The van der Waals surface area contributed by atoms with Crippen molar-refractivity contribution in [1.82, 2.24) is 0 Å². The Labute approximate surface area is 129 Å². The molecule has 0 heterocycles. The Hall–Kier alpha value is -2.07. The molecule has 0 aliphatic heterocycles. The molecule has 21 heavy (non-hydrogen) atoms. The number of rotatable bonds is 6. The van der Waals surface area contributed by atoms with Crippen molar-refractivity contribution < 1.29 is 14.2 Å². The third-order valence-electron chi connectivity index (χ3n) is 3.14. The van der Waals surface area contributed by atoms with Crippen molar-refractivity contribution in [3.8, 4) is 17.2 Å². The molecule has 1 N–H and O–H groups in total. The van der Waals surface area contributed by atoms with Gasteiger partial charge in [-0.15, -0.1) is 0 Å². The van der Waals surface area contributed by atoms with Gasteiger partial charge in [-0.05, 0) is 12.1 Å². The van der Waals surface area contributed by atoms with Gasteiger partial charge >= 0.3 is 0 Å². The first-order chi connectivity index (χ1) is 10.2. The van der Waals surface area contributed by atoms with Crippen LogP contribution in [0.15, 0.2) is 36.4 Å². The maximum atomic E-state index is 6.15. The molecule has 0 saturated carbocycles. The highest BCUT2D eigenvalue weighted by Crippen LogP contribution is 2.36. The minimum absolute atomic E-state index is 0.529. The van der Waals surface area contributed by atoms with Gasteiger partial charge in [0.1, 0.15) is 17.2 Å². The zero-order valence-electron chi connectivity index (χ0n) is 12.3. The van der Waals surface area contributed by atoms with Gasteiger partial charge in [-0.3, -0.25) is 0 Å². The number of halogens is 1. The average Bonchev–Trinajstić information content (AvgIpc) is 2.53. The van der Waals surface area contributed by atoms with Gasteiger partial charge < -0.3 is 19.5 Å². The van der Waals surface area contributed by atoms with Crippen molar-refractivity contribution in [1.29, 1.82) is 0 Å². The van der Waals surface area contributed by atoms with E-state index in [2.05, 4.69) is 5.32 Å². The monoisotopic (exact) mass is 307 g/mol. The van der Waals surface area contributed by atoms with Crippen molar-refractivity contribution in [2.45, 2.75) is 6.54 Å². The van der Waals surface area contributed by atoms with E-state index in [1.165, 1.54) is 0 Å². The summed E-state index contributed by atoms with van der Waals surface area (Å²) < 4.78 is 15.9. The third kappa shape index (κ3) is 3.52. The van der Waals surface area contributed by atoms with Crippen LogP contribution in [0.3, 0.4) is 0 Å². The molecule has 0 spiro atoms. The number of nitrogens with one attached hydrogen (secondary N) is 1. The Balaban J connectivity index is 2.21. The molecule has 0 bridgehead atoms. The normalized spacial score (nSPS) is 10.1. The summed E-state index contributed by atoms with van der Waals surface area (Å²) in [5, 5.41) is 3.83. The van der Waals surface area contributed by atoms with Crippen LogP contribution < -0.4 is 19.5 Å². The van der Waals surface area contributed by atoms with E-state index < -0.39 is 0 Å². The summed E-state index contributed by atoms with van der Waals surface area (Å²) in [5.41, 5.74) is 1.85. The van der Waals surface area contributed by atoms with Gasteiger partial charge in [0.25, 0.3) is 0 Å². The number of ether oxygens (including phenoxy) is 3. The van der Waals surface area contributed by atoms with Gasteiger partial charge in [-0.1, -0.05) is 29.8 Å². The number of hydrogen-bond donors (Lipinski definition) is 1. The van der Waals surface area contributed by atoms with E-state index in [9.17, 15) is 0 Å². The van der Waals surface area contributed by atoms with Gasteiger partial charge in [-0.2, -0.15) is 0 Å². The van der Waals surface area contributed by atoms with Crippen molar-refractivity contribution in [2.24, 2.45) is 0 Å². The van der Waals surface area contributed by atoms with Crippen LogP contribution in [0, 0.1) is 0 Å². The fraction of sp³-hybridized carbons (Fsp3) is 0.250. The zero-order valence-corrected chi connectivity index (χ0v) is 13.0. The van der Waals surface area contributed by atoms with Crippen LogP contribution in [-0.4, -0.2) is 21.3 Å². The minimum atomic E-state index is 0.529. The average molecular weight is 308 g/mol. The third-order valence-corrected chi connectivity index (χ3v) is 3.43. The van der Waals surface area contributed by atoms with Gasteiger partial charge in [-0.25, -0.2) is 0 Å². The lowest BCUT2D eigenvalue weighted by Crippen LogP contribution is -2.03. The summed E-state index contributed by atoms with van der Waals surface area (Å²) in [7, 11) is 4.84. The lowest BCUT2D eigenvalue weighted by molar-refractivity contribution is 0.395. The van der Waals surface area contributed by atoms with Crippen molar-refractivity contribution in [3.05, 3.63) is 47.0 Å². The Morgan fingerprint density at radius 3 is 2.24 bits per heavy atom. The molecule has 0 radical (unpaired) electrons. The second kappa shape index (κ2) is 7.09. The topological polar surface area (TPSA) is 39.7 Å².